The summed E-state index contributed by atoms with van der Waals surface area (Å²) >= 11 is 1.81. The van der Waals surface area contributed by atoms with Crippen molar-refractivity contribution in [2.45, 2.75) is 37.7 Å². The van der Waals surface area contributed by atoms with Crippen molar-refractivity contribution in [3.05, 3.63) is 0 Å². The number of amides is 1. The Hall–Kier alpha value is -0.180. The smallest absolute Gasteiger partial charge is 0.233 e. The summed E-state index contributed by atoms with van der Waals surface area (Å²) in [5, 5.41) is 3.65. The van der Waals surface area contributed by atoms with Crippen LogP contribution in [0.15, 0.2) is 0 Å². The van der Waals surface area contributed by atoms with Crippen molar-refractivity contribution >= 4 is 17.7 Å². The van der Waals surface area contributed by atoms with Crippen LogP contribution in [0.25, 0.3) is 0 Å². The van der Waals surface area contributed by atoms with E-state index in [1.54, 1.807) is 0 Å². The fourth-order valence-corrected chi connectivity index (χ4v) is 2.41. The Bertz CT molecular complexity index is 170. The third-order valence-corrected chi connectivity index (χ3v) is 4.07. The normalized spacial score (nSPS) is 26.0. The molecule has 2 nitrogen and oxygen atoms in total. The van der Waals surface area contributed by atoms with Crippen LogP contribution in [0.1, 0.15) is 27.2 Å². The maximum atomic E-state index is 11.2. The van der Waals surface area contributed by atoms with Crippen LogP contribution in [0.5, 0.6) is 0 Å². The van der Waals surface area contributed by atoms with Crippen LogP contribution in [0.2, 0.25) is 0 Å². The summed E-state index contributed by atoms with van der Waals surface area (Å²) in [6.07, 6.45) is 1.00. The lowest BCUT2D eigenvalue weighted by atomic mass is 10.2. The molecular formula is C9H17NOS. The minimum atomic E-state index is 0.211. The molecule has 1 saturated heterocycles. The van der Waals surface area contributed by atoms with Gasteiger partial charge in [0, 0.05) is 11.8 Å². The molecule has 70 valence electrons. The number of nitrogens with one attached hydrogen (secondary N) is 1. The highest BCUT2D eigenvalue weighted by atomic mass is 32.2. The first-order valence-electron chi connectivity index (χ1n) is 4.54. The molecule has 0 spiro atoms. The van der Waals surface area contributed by atoms with Crippen molar-refractivity contribution in [2.24, 2.45) is 5.92 Å². The lowest BCUT2D eigenvalue weighted by molar-refractivity contribution is -0.118. The Balaban J connectivity index is 2.35. The van der Waals surface area contributed by atoms with E-state index in [-0.39, 0.29) is 11.2 Å². The fraction of sp³-hybridized carbons (Fsp3) is 0.889. The molecule has 1 heterocycles. The number of hydrogen-bond donors (Lipinski definition) is 1. The quantitative estimate of drug-likeness (QED) is 0.728. The molecule has 0 aromatic rings. The van der Waals surface area contributed by atoms with Crippen LogP contribution in [-0.2, 0) is 4.79 Å². The fourth-order valence-electron chi connectivity index (χ4n) is 1.12. The minimum Gasteiger partial charge on any atom is -0.355 e. The van der Waals surface area contributed by atoms with Crippen LogP contribution < -0.4 is 5.32 Å². The van der Waals surface area contributed by atoms with Crippen molar-refractivity contribution in [1.82, 2.24) is 5.32 Å². The van der Waals surface area contributed by atoms with Gasteiger partial charge in [-0.15, -0.1) is 11.8 Å². The van der Waals surface area contributed by atoms with E-state index < -0.39 is 0 Å². The van der Waals surface area contributed by atoms with Gasteiger partial charge in [0.1, 0.15) is 0 Å². The standard InChI is InChI=1S/C9H17NOS/c1-6(2)7(3)12-8-4-5-10-9(8)11/h6-8H,4-5H2,1-3H3,(H,10,11). The molecule has 1 rings (SSSR count). The maximum absolute atomic E-state index is 11.2. The lowest BCUT2D eigenvalue weighted by Gasteiger charge is -2.17. The van der Waals surface area contributed by atoms with Gasteiger partial charge < -0.3 is 5.32 Å². The maximum Gasteiger partial charge on any atom is 0.233 e. The predicted molar refractivity (Wildman–Crippen MR) is 53.3 cm³/mol. The molecule has 2 atom stereocenters. The molecule has 0 aromatic carbocycles. The van der Waals surface area contributed by atoms with Gasteiger partial charge in [0.05, 0.1) is 5.25 Å². The zero-order chi connectivity index (χ0) is 9.14. The number of hydrogen-bond acceptors (Lipinski definition) is 2. The van der Waals surface area contributed by atoms with Crippen LogP contribution in [-0.4, -0.2) is 23.0 Å². The van der Waals surface area contributed by atoms with E-state index in [2.05, 4.69) is 26.1 Å². The minimum absolute atomic E-state index is 0.211. The molecule has 0 saturated carbocycles. The monoisotopic (exact) mass is 187 g/mol. The second-order valence-corrected chi connectivity index (χ2v) is 5.24. The first kappa shape index (κ1) is 9.90. The molecule has 1 amide bonds. The summed E-state index contributed by atoms with van der Waals surface area (Å²) in [6, 6.07) is 0. The molecule has 1 N–H and O–H groups in total. The van der Waals surface area contributed by atoms with E-state index in [1.807, 2.05) is 11.8 Å². The summed E-state index contributed by atoms with van der Waals surface area (Å²) in [4.78, 5) is 11.2. The summed E-state index contributed by atoms with van der Waals surface area (Å²) in [6.45, 7) is 7.46. The van der Waals surface area contributed by atoms with Gasteiger partial charge in [0.25, 0.3) is 0 Å². The summed E-state index contributed by atoms with van der Waals surface area (Å²) in [7, 11) is 0. The highest BCUT2D eigenvalue weighted by Crippen LogP contribution is 2.27. The van der Waals surface area contributed by atoms with Crippen LogP contribution >= 0.6 is 11.8 Å². The third-order valence-electron chi connectivity index (χ3n) is 2.32. The van der Waals surface area contributed by atoms with Gasteiger partial charge in [0.2, 0.25) is 5.91 Å². The Kier molecular flexibility index (Phi) is 3.44. The number of thioether (sulfide) groups is 1. The Morgan fingerprint density at radius 1 is 1.50 bits per heavy atom. The lowest BCUT2D eigenvalue weighted by Crippen LogP contribution is -2.23. The molecule has 0 bridgehead atoms. The van der Waals surface area contributed by atoms with Gasteiger partial charge in [-0.1, -0.05) is 20.8 Å². The zero-order valence-electron chi connectivity index (χ0n) is 7.96. The van der Waals surface area contributed by atoms with E-state index in [1.165, 1.54) is 0 Å². The largest absolute Gasteiger partial charge is 0.355 e. The van der Waals surface area contributed by atoms with E-state index in [0.29, 0.717) is 11.2 Å². The third kappa shape index (κ3) is 2.41. The Morgan fingerprint density at radius 2 is 2.17 bits per heavy atom. The molecule has 1 aliphatic rings. The Morgan fingerprint density at radius 3 is 2.58 bits per heavy atom. The van der Waals surface area contributed by atoms with E-state index in [4.69, 9.17) is 0 Å². The molecule has 0 aromatic heterocycles. The second-order valence-electron chi connectivity index (χ2n) is 3.65. The van der Waals surface area contributed by atoms with Gasteiger partial charge in [-0.3, -0.25) is 4.79 Å². The topological polar surface area (TPSA) is 29.1 Å². The summed E-state index contributed by atoms with van der Waals surface area (Å²) in [5.74, 6) is 0.885. The molecule has 12 heavy (non-hydrogen) atoms. The zero-order valence-corrected chi connectivity index (χ0v) is 8.78. The van der Waals surface area contributed by atoms with Gasteiger partial charge in [-0.25, -0.2) is 0 Å². The molecule has 1 fully saturated rings. The molecular weight excluding hydrogens is 170 g/mol. The molecule has 3 heteroatoms. The van der Waals surface area contributed by atoms with Crippen molar-refractivity contribution in [3.8, 4) is 0 Å². The highest BCUT2D eigenvalue weighted by molar-refractivity contribution is 8.01. The predicted octanol–water partition coefficient (Wildman–Crippen LogP) is 1.65. The molecule has 0 radical (unpaired) electrons. The summed E-state index contributed by atoms with van der Waals surface area (Å²) in [5.41, 5.74) is 0. The number of rotatable bonds is 3. The van der Waals surface area contributed by atoms with E-state index in [9.17, 15) is 4.79 Å². The highest BCUT2D eigenvalue weighted by Gasteiger charge is 2.26. The van der Waals surface area contributed by atoms with E-state index >= 15 is 0 Å². The number of carbonyl (C=O) groups is 1. The van der Waals surface area contributed by atoms with Crippen molar-refractivity contribution in [3.63, 3.8) is 0 Å². The molecule has 0 aliphatic carbocycles. The van der Waals surface area contributed by atoms with Gasteiger partial charge in [-0.05, 0) is 12.3 Å². The van der Waals surface area contributed by atoms with E-state index in [0.717, 1.165) is 13.0 Å². The first-order chi connectivity index (χ1) is 5.61. The van der Waals surface area contributed by atoms with Crippen molar-refractivity contribution in [1.29, 1.82) is 0 Å². The number of carbonyl (C=O) groups excluding carboxylic acids is 1. The second kappa shape index (κ2) is 4.17. The average Bonchev–Trinajstić information content (AvgIpc) is 2.36. The van der Waals surface area contributed by atoms with Crippen LogP contribution in [0.4, 0.5) is 0 Å². The van der Waals surface area contributed by atoms with Gasteiger partial charge in [-0.2, -0.15) is 0 Å². The SMILES string of the molecule is CC(C)C(C)SC1CCNC1=O. The summed E-state index contributed by atoms with van der Waals surface area (Å²) < 4.78 is 0. The van der Waals surface area contributed by atoms with Crippen LogP contribution in [0.3, 0.4) is 0 Å². The van der Waals surface area contributed by atoms with Crippen LogP contribution in [0, 0.1) is 5.92 Å². The average molecular weight is 187 g/mol. The van der Waals surface area contributed by atoms with Crippen molar-refractivity contribution < 1.29 is 4.79 Å². The van der Waals surface area contributed by atoms with Gasteiger partial charge >= 0.3 is 0 Å². The van der Waals surface area contributed by atoms with Gasteiger partial charge in [0.15, 0.2) is 0 Å². The van der Waals surface area contributed by atoms with Crippen molar-refractivity contribution in [2.75, 3.05) is 6.54 Å². The molecule has 2 unspecified atom stereocenters. The Labute approximate surface area is 78.5 Å². The molecule has 1 aliphatic heterocycles. The first-order valence-corrected chi connectivity index (χ1v) is 5.48.